The molecule has 0 N–H and O–H groups in total. The lowest BCUT2D eigenvalue weighted by atomic mass is 10.2. The minimum atomic E-state index is -0.197. The summed E-state index contributed by atoms with van der Waals surface area (Å²) in [4.78, 5) is 19.6. The number of aromatic nitrogens is 2. The van der Waals surface area contributed by atoms with Crippen LogP contribution < -0.4 is 4.74 Å². The van der Waals surface area contributed by atoms with Gasteiger partial charge in [0.2, 0.25) is 11.7 Å². The van der Waals surface area contributed by atoms with E-state index in [1.165, 1.54) is 25.6 Å². The number of ether oxygens (including phenoxy) is 1. The van der Waals surface area contributed by atoms with Crippen molar-refractivity contribution < 1.29 is 13.9 Å². The molecule has 5 nitrogen and oxygen atoms in total. The molecule has 2 rings (SSSR count). The van der Waals surface area contributed by atoms with Crippen molar-refractivity contribution in [3.05, 3.63) is 41.2 Å². The number of rotatable bonds is 4. The number of ketones is 1. The molecule has 0 aliphatic heterocycles. The second-order valence-corrected chi connectivity index (χ2v) is 3.63. The van der Waals surface area contributed by atoms with Crippen LogP contribution in [0.1, 0.15) is 16.2 Å². The fourth-order valence-corrected chi connectivity index (χ4v) is 1.45. The first-order valence-corrected chi connectivity index (χ1v) is 5.20. The fraction of sp³-hybridized carbons (Fsp3) is 0.182. The minimum Gasteiger partial charge on any atom is -0.481 e. The van der Waals surface area contributed by atoms with Gasteiger partial charge in [-0.05, 0) is 23.7 Å². The Morgan fingerprint density at radius 1 is 1.47 bits per heavy atom. The monoisotopic (exact) mass is 252 g/mol. The van der Waals surface area contributed by atoms with Gasteiger partial charge in [0.15, 0.2) is 11.0 Å². The van der Waals surface area contributed by atoms with E-state index in [1.54, 1.807) is 6.07 Å². The highest BCUT2D eigenvalue weighted by molar-refractivity contribution is 6.29. The van der Waals surface area contributed by atoms with Crippen molar-refractivity contribution in [1.82, 2.24) is 9.97 Å². The largest absolute Gasteiger partial charge is 0.481 e. The Bertz CT molecular complexity index is 539. The normalized spacial score (nSPS) is 10.2. The summed E-state index contributed by atoms with van der Waals surface area (Å²) in [7, 11) is 1.50. The Morgan fingerprint density at radius 2 is 2.29 bits per heavy atom. The van der Waals surface area contributed by atoms with Crippen molar-refractivity contribution in [2.45, 2.75) is 6.42 Å². The molecule has 17 heavy (non-hydrogen) atoms. The number of hydrogen-bond donors (Lipinski definition) is 0. The second kappa shape index (κ2) is 4.97. The van der Waals surface area contributed by atoms with E-state index in [2.05, 4.69) is 9.97 Å². The third kappa shape index (κ3) is 2.82. The number of furan rings is 1. The summed E-state index contributed by atoms with van der Waals surface area (Å²) in [6, 6.07) is 4.65. The molecule has 88 valence electrons. The van der Waals surface area contributed by atoms with Crippen molar-refractivity contribution in [3.63, 3.8) is 0 Å². The number of carbonyl (C=O) groups excluding carboxylic acids is 1. The summed E-state index contributed by atoms with van der Waals surface area (Å²) < 4.78 is 9.95. The molecule has 0 saturated carbocycles. The maximum absolute atomic E-state index is 11.8. The van der Waals surface area contributed by atoms with Gasteiger partial charge in [-0.3, -0.25) is 4.79 Å². The number of methoxy groups -OCH3 is 1. The molecular formula is C11H9ClN2O3. The van der Waals surface area contributed by atoms with Crippen LogP contribution in [0.2, 0.25) is 5.22 Å². The predicted octanol–water partition coefficient (Wildman–Crippen LogP) is 2.16. The zero-order valence-electron chi connectivity index (χ0n) is 9.01. The van der Waals surface area contributed by atoms with Gasteiger partial charge in [0.1, 0.15) is 6.33 Å². The van der Waals surface area contributed by atoms with Gasteiger partial charge >= 0.3 is 0 Å². The van der Waals surface area contributed by atoms with E-state index < -0.39 is 0 Å². The standard InChI is InChI=1S/C11H9ClN2O3/c1-16-11-5-7(13-6-14-11)4-8(15)9-2-3-10(12)17-9/h2-3,5-6H,4H2,1H3. The zero-order valence-corrected chi connectivity index (χ0v) is 9.77. The summed E-state index contributed by atoms with van der Waals surface area (Å²) in [5.74, 6) is 0.436. The van der Waals surface area contributed by atoms with Crippen LogP contribution >= 0.6 is 11.6 Å². The maximum Gasteiger partial charge on any atom is 0.216 e. The molecule has 0 saturated heterocycles. The van der Waals surface area contributed by atoms with Crippen LogP contribution in [0, 0.1) is 0 Å². The van der Waals surface area contributed by atoms with Crippen LogP contribution in [0.4, 0.5) is 0 Å². The second-order valence-electron chi connectivity index (χ2n) is 3.26. The third-order valence-electron chi connectivity index (χ3n) is 2.10. The molecule has 6 heteroatoms. The molecule has 2 heterocycles. The van der Waals surface area contributed by atoms with Crippen LogP contribution in [0.5, 0.6) is 5.88 Å². The first-order valence-electron chi connectivity index (χ1n) is 4.82. The minimum absolute atomic E-state index is 0.114. The molecule has 0 atom stereocenters. The number of nitrogens with zero attached hydrogens (tertiary/aromatic N) is 2. The highest BCUT2D eigenvalue weighted by atomic mass is 35.5. The molecule has 2 aromatic rings. The van der Waals surface area contributed by atoms with Gasteiger partial charge in [-0.1, -0.05) is 0 Å². The lowest BCUT2D eigenvalue weighted by Gasteiger charge is -2.00. The van der Waals surface area contributed by atoms with E-state index >= 15 is 0 Å². The fourth-order valence-electron chi connectivity index (χ4n) is 1.30. The molecular weight excluding hydrogens is 244 g/mol. The summed E-state index contributed by atoms with van der Waals surface area (Å²) in [6.07, 6.45) is 1.46. The first kappa shape index (κ1) is 11.6. The van der Waals surface area contributed by atoms with Gasteiger partial charge in [-0.2, -0.15) is 0 Å². The van der Waals surface area contributed by atoms with Gasteiger partial charge in [0.25, 0.3) is 0 Å². The quantitative estimate of drug-likeness (QED) is 0.780. The average molecular weight is 253 g/mol. The predicted molar refractivity (Wildman–Crippen MR) is 60.3 cm³/mol. The molecule has 0 fully saturated rings. The molecule has 0 unspecified atom stereocenters. The van der Waals surface area contributed by atoms with E-state index in [0.717, 1.165) is 0 Å². The topological polar surface area (TPSA) is 65.2 Å². The third-order valence-corrected chi connectivity index (χ3v) is 2.30. The van der Waals surface area contributed by atoms with Crippen LogP contribution in [0.3, 0.4) is 0 Å². The number of Topliss-reactive ketones (excluding diaryl/α,β-unsaturated/α-hetero) is 1. The van der Waals surface area contributed by atoms with E-state index in [1.807, 2.05) is 0 Å². The molecule has 0 bridgehead atoms. The van der Waals surface area contributed by atoms with Crippen molar-refractivity contribution in [1.29, 1.82) is 0 Å². The summed E-state index contributed by atoms with van der Waals surface area (Å²) in [6.45, 7) is 0. The van der Waals surface area contributed by atoms with Crippen molar-refractivity contribution in [3.8, 4) is 5.88 Å². The van der Waals surface area contributed by atoms with Crippen LogP contribution in [-0.2, 0) is 6.42 Å². The Hall–Kier alpha value is -1.88. The van der Waals surface area contributed by atoms with E-state index in [9.17, 15) is 4.79 Å². The smallest absolute Gasteiger partial charge is 0.216 e. The van der Waals surface area contributed by atoms with E-state index in [0.29, 0.717) is 11.6 Å². The van der Waals surface area contributed by atoms with Crippen LogP contribution in [-0.4, -0.2) is 22.9 Å². The Balaban J connectivity index is 2.12. The molecule has 0 aliphatic rings. The van der Waals surface area contributed by atoms with Crippen molar-refractivity contribution >= 4 is 17.4 Å². The molecule has 0 radical (unpaired) electrons. The molecule has 0 aliphatic carbocycles. The summed E-state index contributed by atoms with van der Waals surface area (Å²) in [5, 5.41) is 0.189. The Kier molecular flexibility index (Phi) is 3.39. The van der Waals surface area contributed by atoms with Crippen LogP contribution in [0.15, 0.2) is 28.9 Å². The van der Waals surface area contributed by atoms with Crippen molar-refractivity contribution in [2.75, 3.05) is 7.11 Å². The van der Waals surface area contributed by atoms with Crippen LogP contribution in [0.25, 0.3) is 0 Å². The number of hydrogen-bond acceptors (Lipinski definition) is 5. The molecule has 0 aromatic carbocycles. The summed E-state index contributed by atoms with van der Waals surface area (Å²) in [5.41, 5.74) is 0.564. The van der Waals surface area contributed by atoms with Gasteiger partial charge in [0, 0.05) is 6.07 Å². The highest BCUT2D eigenvalue weighted by Gasteiger charge is 2.12. The molecule has 0 amide bonds. The maximum atomic E-state index is 11.8. The van der Waals surface area contributed by atoms with Crippen molar-refractivity contribution in [2.24, 2.45) is 0 Å². The lowest BCUT2D eigenvalue weighted by Crippen LogP contribution is -2.04. The average Bonchev–Trinajstić information content (AvgIpc) is 2.76. The lowest BCUT2D eigenvalue weighted by molar-refractivity contribution is 0.0965. The van der Waals surface area contributed by atoms with Gasteiger partial charge < -0.3 is 9.15 Å². The molecule has 0 spiro atoms. The van der Waals surface area contributed by atoms with Gasteiger partial charge in [-0.25, -0.2) is 9.97 Å². The zero-order chi connectivity index (χ0) is 12.3. The van der Waals surface area contributed by atoms with Gasteiger partial charge in [-0.15, -0.1) is 0 Å². The van der Waals surface area contributed by atoms with E-state index in [4.69, 9.17) is 20.8 Å². The highest BCUT2D eigenvalue weighted by Crippen LogP contribution is 2.15. The Morgan fingerprint density at radius 3 is 2.94 bits per heavy atom. The summed E-state index contributed by atoms with van der Waals surface area (Å²) >= 11 is 5.59. The SMILES string of the molecule is COc1cc(CC(=O)c2ccc(Cl)o2)ncn1. The van der Waals surface area contributed by atoms with Gasteiger partial charge in [0.05, 0.1) is 19.2 Å². The number of carbonyl (C=O) groups is 1. The first-order chi connectivity index (χ1) is 8.19. The van der Waals surface area contributed by atoms with E-state index in [-0.39, 0.29) is 23.2 Å². The Labute approximate surface area is 102 Å². The molecule has 2 aromatic heterocycles. The number of halogens is 1.